The topological polar surface area (TPSA) is 89.5 Å². The molecule has 0 aliphatic carbocycles. The largest absolute Gasteiger partial charge is 0.464 e. The Balaban J connectivity index is 1.98. The van der Waals surface area contributed by atoms with Crippen molar-refractivity contribution in [2.24, 2.45) is 12.1 Å². The molecule has 0 unspecified atom stereocenters. The zero-order valence-corrected chi connectivity index (χ0v) is 18.6. The van der Waals surface area contributed by atoms with Gasteiger partial charge in [-0.3, -0.25) is 5.01 Å². The lowest BCUT2D eigenvalue weighted by molar-refractivity contribution is -0.644. The molecule has 8 nitrogen and oxygen atoms in total. The quantitative estimate of drug-likeness (QED) is 0.228. The number of ether oxygens (including phenoxy) is 1. The van der Waals surface area contributed by atoms with Crippen molar-refractivity contribution in [2.75, 3.05) is 50.4 Å². The van der Waals surface area contributed by atoms with Gasteiger partial charge in [0.1, 0.15) is 7.05 Å². The average molecular weight is 438 g/mol. The van der Waals surface area contributed by atoms with E-state index in [4.69, 9.17) is 4.74 Å². The number of rotatable bonds is 9. The Kier molecular flexibility index (Phi) is 7.75. The van der Waals surface area contributed by atoms with Gasteiger partial charge in [0.05, 0.1) is 31.4 Å². The first kappa shape index (κ1) is 23.2. The number of aromatic nitrogens is 1. The number of hydrogen-bond donors (Lipinski definition) is 2. The van der Waals surface area contributed by atoms with Crippen molar-refractivity contribution in [3.63, 3.8) is 0 Å². The Labute approximate surface area is 187 Å². The van der Waals surface area contributed by atoms with Gasteiger partial charge in [0.15, 0.2) is 11.9 Å². The average Bonchev–Trinajstić information content (AvgIpc) is 2.82. The van der Waals surface area contributed by atoms with Crippen LogP contribution in [-0.2, 0) is 16.6 Å². The highest BCUT2D eigenvalue weighted by Gasteiger charge is 2.21. The molecule has 0 radical (unpaired) electrons. The third-order valence-corrected chi connectivity index (χ3v) is 5.25. The SMILES string of the molecule is COC(=O)/C(=N\N(C)c1ccc(N(CCO)CCO)cc1)c1cc[n+](C)c2ccccc12. The minimum absolute atomic E-state index is 0.00275. The molecule has 8 heteroatoms. The molecule has 2 aromatic carbocycles. The van der Waals surface area contributed by atoms with E-state index in [-0.39, 0.29) is 18.9 Å². The summed E-state index contributed by atoms with van der Waals surface area (Å²) in [5, 5.41) is 25.6. The molecule has 32 heavy (non-hydrogen) atoms. The van der Waals surface area contributed by atoms with Gasteiger partial charge < -0.3 is 19.8 Å². The van der Waals surface area contributed by atoms with Crippen LogP contribution in [0.1, 0.15) is 5.56 Å². The number of aryl methyl sites for hydroxylation is 1. The number of anilines is 2. The second kappa shape index (κ2) is 10.7. The second-order valence-electron chi connectivity index (χ2n) is 7.27. The first-order chi connectivity index (χ1) is 15.5. The number of nitrogens with zero attached hydrogens (tertiary/aromatic N) is 4. The predicted molar refractivity (Wildman–Crippen MR) is 125 cm³/mol. The first-order valence-corrected chi connectivity index (χ1v) is 10.3. The van der Waals surface area contributed by atoms with E-state index < -0.39 is 5.97 Å². The predicted octanol–water partition coefficient (Wildman–Crippen LogP) is 1.47. The minimum Gasteiger partial charge on any atom is -0.464 e. The number of benzene rings is 2. The molecule has 0 saturated heterocycles. The Morgan fingerprint density at radius 2 is 1.62 bits per heavy atom. The van der Waals surface area contributed by atoms with Crippen LogP contribution in [0.3, 0.4) is 0 Å². The van der Waals surface area contributed by atoms with Crippen LogP contribution >= 0.6 is 0 Å². The summed E-state index contributed by atoms with van der Waals surface area (Å²) >= 11 is 0. The monoisotopic (exact) mass is 437 g/mol. The number of carbonyl (C=O) groups is 1. The van der Waals surface area contributed by atoms with E-state index in [9.17, 15) is 15.0 Å². The number of methoxy groups -OCH3 is 1. The highest BCUT2D eigenvalue weighted by molar-refractivity contribution is 6.45. The maximum absolute atomic E-state index is 12.7. The molecule has 2 N–H and O–H groups in total. The summed E-state index contributed by atoms with van der Waals surface area (Å²) in [6.45, 7) is 0.853. The number of carbonyl (C=O) groups excluding carboxylic acids is 1. The number of para-hydroxylation sites is 1. The molecule has 0 saturated carbocycles. The van der Waals surface area contributed by atoms with Crippen molar-refractivity contribution >= 4 is 34.0 Å². The van der Waals surface area contributed by atoms with E-state index in [1.54, 1.807) is 12.1 Å². The molecule has 0 atom stereocenters. The Morgan fingerprint density at radius 3 is 2.25 bits per heavy atom. The fraction of sp³-hybridized carbons (Fsp3) is 0.292. The van der Waals surface area contributed by atoms with Crippen molar-refractivity contribution in [1.82, 2.24) is 0 Å². The first-order valence-electron chi connectivity index (χ1n) is 10.3. The summed E-state index contributed by atoms with van der Waals surface area (Å²) < 4.78 is 7.02. The van der Waals surface area contributed by atoms with Crippen molar-refractivity contribution in [2.45, 2.75) is 0 Å². The normalized spacial score (nSPS) is 11.5. The van der Waals surface area contributed by atoms with Crippen LogP contribution in [0.4, 0.5) is 11.4 Å². The molecule has 3 rings (SSSR count). The number of hydrogen-bond acceptors (Lipinski definition) is 7. The summed E-state index contributed by atoms with van der Waals surface area (Å²) in [4.78, 5) is 14.5. The molecule has 168 valence electrons. The Bertz CT molecular complexity index is 1090. The summed E-state index contributed by atoms with van der Waals surface area (Å²) in [5.41, 5.74) is 3.52. The van der Waals surface area contributed by atoms with Crippen LogP contribution in [0.15, 0.2) is 65.9 Å². The highest BCUT2D eigenvalue weighted by atomic mass is 16.5. The number of fused-ring (bicyclic) bond motifs is 1. The molecule has 0 spiro atoms. The van der Waals surface area contributed by atoms with Crippen molar-refractivity contribution in [3.05, 3.63) is 66.4 Å². The van der Waals surface area contributed by atoms with Crippen molar-refractivity contribution in [3.8, 4) is 0 Å². The summed E-state index contributed by atoms with van der Waals surface area (Å²) in [7, 11) is 5.06. The Hall–Kier alpha value is -3.49. The second-order valence-corrected chi connectivity index (χ2v) is 7.27. The van der Waals surface area contributed by atoms with E-state index in [2.05, 4.69) is 5.10 Å². The molecule has 1 heterocycles. The number of aliphatic hydroxyl groups excluding tert-OH is 2. The zero-order valence-electron chi connectivity index (χ0n) is 18.6. The maximum Gasteiger partial charge on any atom is 0.359 e. The Morgan fingerprint density at radius 1 is 1.00 bits per heavy atom. The summed E-state index contributed by atoms with van der Waals surface area (Å²) in [6, 6.07) is 17.2. The van der Waals surface area contributed by atoms with Gasteiger partial charge in [-0.25, -0.2) is 9.36 Å². The van der Waals surface area contributed by atoms with Gasteiger partial charge in [-0.2, -0.15) is 5.10 Å². The van der Waals surface area contributed by atoms with Gasteiger partial charge in [-0.15, -0.1) is 0 Å². The van der Waals surface area contributed by atoms with Gasteiger partial charge in [-0.1, -0.05) is 12.1 Å². The smallest absolute Gasteiger partial charge is 0.359 e. The van der Waals surface area contributed by atoms with E-state index in [0.29, 0.717) is 18.7 Å². The minimum atomic E-state index is -0.524. The third kappa shape index (κ3) is 5.04. The van der Waals surface area contributed by atoms with Crippen LogP contribution in [0.5, 0.6) is 0 Å². The lowest BCUT2D eigenvalue weighted by Crippen LogP contribution is -2.30. The van der Waals surface area contributed by atoms with Gasteiger partial charge >= 0.3 is 5.97 Å². The van der Waals surface area contributed by atoms with E-state index >= 15 is 0 Å². The number of hydrazone groups is 1. The summed E-state index contributed by atoms with van der Waals surface area (Å²) in [6.07, 6.45) is 1.89. The van der Waals surface area contributed by atoms with E-state index in [0.717, 1.165) is 22.3 Å². The van der Waals surface area contributed by atoms with Crippen molar-refractivity contribution < 1.29 is 24.3 Å². The van der Waals surface area contributed by atoms with Crippen LogP contribution in [-0.4, -0.2) is 62.4 Å². The number of pyridine rings is 1. The number of esters is 1. The van der Waals surface area contributed by atoms with Crippen LogP contribution in [0.25, 0.3) is 10.9 Å². The van der Waals surface area contributed by atoms with E-state index in [1.165, 1.54) is 7.11 Å². The zero-order chi connectivity index (χ0) is 23.1. The molecular formula is C24H29N4O4+. The van der Waals surface area contributed by atoms with Crippen molar-refractivity contribution in [1.29, 1.82) is 0 Å². The number of aliphatic hydroxyl groups is 2. The maximum atomic E-state index is 12.7. The molecule has 3 aromatic rings. The molecule has 0 bridgehead atoms. The lowest BCUT2D eigenvalue weighted by Gasteiger charge is -2.24. The lowest BCUT2D eigenvalue weighted by atomic mass is 10.0. The van der Waals surface area contributed by atoms with Crippen LogP contribution in [0.2, 0.25) is 0 Å². The molecule has 1 aromatic heterocycles. The molecular weight excluding hydrogens is 408 g/mol. The molecule has 0 amide bonds. The van der Waals surface area contributed by atoms with Gasteiger partial charge in [0.2, 0.25) is 5.52 Å². The highest BCUT2D eigenvalue weighted by Crippen LogP contribution is 2.22. The summed E-state index contributed by atoms with van der Waals surface area (Å²) in [5.74, 6) is -0.524. The van der Waals surface area contributed by atoms with Gasteiger partial charge in [-0.05, 0) is 30.3 Å². The molecule has 0 fully saturated rings. The fourth-order valence-electron chi connectivity index (χ4n) is 3.57. The standard InChI is InChI=1S/C24H29N4O4/c1-26-13-12-21(20-6-4-5-7-22(20)26)23(24(31)32-3)25-27(2)18-8-10-19(11-9-18)28(14-16-29)15-17-30/h4-13,29-30H,14-17H2,1-3H3/q+1. The van der Waals surface area contributed by atoms with Crippen LogP contribution in [0, 0.1) is 0 Å². The van der Waals surface area contributed by atoms with Crippen LogP contribution < -0.4 is 14.5 Å². The fourth-order valence-corrected chi connectivity index (χ4v) is 3.57. The van der Waals surface area contributed by atoms with E-state index in [1.807, 2.05) is 77.3 Å². The third-order valence-electron chi connectivity index (χ3n) is 5.25. The van der Waals surface area contributed by atoms with Gasteiger partial charge in [0.25, 0.3) is 0 Å². The molecule has 0 aliphatic rings. The molecule has 0 aliphatic heterocycles. The van der Waals surface area contributed by atoms with Gasteiger partial charge in [0, 0.05) is 43.5 Å².